The molecule has 1 atom stereocenters. The number of pyridine rings is 1. The first-order chi connectivity index (χ1) is 10.7. The fourth-order valence-electron chi connectivity index (χ4n) is 2.54. The highest BCUT2D eigenvalue weighted by Gasteiger charge is 2.14. The molecule has 1 unspecified atom stereocenters. The standard InChI is InChI=1S/C17H17FN2OS/c1-11-9-16(13-10-12(18)4-5-14(13)19-11)20-15(6-7-21)17-3-2-8-22-17/h2-5,8-10,15,21H,6-7H2,1H3,(H,19,20). The van der Waals surface area contributed by atoms with E-state index >= 15 is 0 Å². The van der Waals surface area contributed by atoms with E-state index in [0.29, 0.717) is 6.42 Å². The lowest BCUT2D eigenvalue weighted by atomic mass is 10.1. The van der Waals surface area contributed by atoms with Crippen molar-refractivity contribution in [2.45, 2.75) is 19.4 Å². The Morgan fingerprint density at radius 1 is 1.32 bits per heavy atom. The molecule has 3 rings (SSSR count). The van der Waals surface area contributed by atoms with Gasteiger partial charge in [0.1, 0.15) is 5.82 Å². The molecule has 5 heteroatoms. The fourth-order valence-corrected chi connectivity index (χ4v) is 3.35. The van der Waals surface area contributed by atoms with Gasteiger partial charge in [-0.05, 0) is 49.1 Å². The molecule has 114 valence electrons. The van der Waals surface area contributed by atoms with Gasteiger partial charge in [-0.1, -0.05) is 6.07 Å². The summed E-state index contributed by atoms with van der Waals surface area (Å²) in [5.74, 6) is -0.281. The molecular weight excluding hydrogens is 299 g/mol. The van der Waals surface area contributed by atoms with Crippen molar-refractivity contribution in [3.63, 3.8) is 0 Å². The van der Waals surface area contributed by atoms with E-state index in [1.807, 2.05) is 30.5 Å². The second kappa shape index (κ2) is 6.42. The third kappa shape index (κ3) is 3.10. The third-order valence-electron chi connectivity index (χ3n) is 3.53. The second-order valence-electron chi connectivity index (χ2n) is 5.20. The molecule has 0 spiro atoms. The number of nitrogens with one attached hydrogen (secondary N) is 1. The first-order valence-electron chi connectivity index (χ1n) is 7.15. The lowest BCUT2D eigenvalue weighted by Gasteiger charge is -2.19. The number of anilines is 1. The van der Waals surface area contributed by atoms with Crippen LogP contribution in [0.4, 0.5) is 10.1 Å². The highest BCUT2D eigenvalue weighted by molar-refractivity contribution is 7.10. The van der Waals surface area contributed by atoms with Crippen LogP contribution in [0.1, 0.15) is 23.0 Å². The maximum Gasteiger partial charge on any atom is 0.124 e. The maximum atomic E-state index is 13.6. The van der Waals surface area contributed by atoms with Crippen LogP contribution in [0.3, 0.4) is 0 Å². The summed E-state index contributed by atoms with van der Waals surface area (Å²) in [5.41, 5.74) is 2.47. The molecule has 0 saturated carbocycles. The van der Waals surface area contributed by atoms with E-state index in [0.717, 1.165) is 27.2 Å². The van der Waals surface area contributed by atoms with E-state index in [2.05, 4.69) is 10.3 Å². The monoisotopic (exact) mass is 316 g/mol. The van der Waals surface area contributed by atoms with E-state index in [1.54, 1.807) is 17.4 Å². The molecule has 1 aromatic carbocycles. The number of hydrogen-bond acceptors (Lipinski definition) is 4. The summed E-state index contributed by atoms with van der Waals surface area (Å²) < 4.78 is 13.6. The molecule has 0 radical (unpaired) electrons. The average molecular weight is 316 g/mol. The van der Waals surface area contributed by atoms with Crippen LogP contribution in [0, 0.1) is 12.7 Å². The quantitative estimate of drug-likeness (QED) is 0.738. The van der Waals surface area contributed by atoms with Gasteiger partial charge in [0.25, 0.3) is 0 Å². The van der Waals surface area contributed by atoms with Crippen molar-refractivity contribution in [2.24, 2.45) is 0 Å². The zero-order valence-electron chi connectivity index (χ0n) is 12.2. The molecule has 2 heterocycles. The van der Waals surface area contributed by atoms with Gasteiger partial charge in [0.2, 0.25) is 0 Å². The molecule has 0 aliphatic heterocycles. The van der Waals surface area contributed by atoms with E-state index in [1.165, 1.54) is 12.1 Å². The highest BCUT2D eigenvalue weighted by atomic mass is 32.1. The predicted octanol–water partition coefficient (Wildman–Crippen LogP) is 4.28. The minimum atomic E-state index is -0.281. The Morgan fingerprint density at radius 2 is 2.18 bits per heavy atom. The van der Waals surface area contributed by atoms with Gasteiger partial charge in [-0.3, -0.25) is 4.98 Å². The number of aliphatic hydroxyl groups is 1. The number of halogens is 1. The van der Waals surface area contributed by atoms with Gasteiger partial charge in [0.05, 0.1) is 11.6 Å². The number of fused-ring (bicyclic) bond motifs is 1. The van der Waals surface area contributed by atoms with Crippen LogP contribution < -0.4 is 5.32 Å². The third-order valence-corrected chi connectivity index (χ3v) is 4.52. The SMILES string of the molecule is Cc1cc(NC(CCO)c2cccs2)c2cc(F)ccc2n1. The van der Waals surface area contributed by atoms with Crippen LogP contribution in [0.25, 0.3) is 10.9 Å². The number of rotatable bonds is 5. The van der Waals surface area contributed by atoms with E-state index in [-0.39, 0.29) is 18.5 Å². The first kappa shape index (κ1) is 14.9. The number of thiophene rings is 1. The summed E-state index contributed by atoms with van der Waals surface area (Å²) in [6, 6.07) is 10.5. The Labute approximate surface area is 132 Å². The van der Waals surface area contributed by atoms with Crippen LogP contribution >= 0.6 is 11.3 Å². The van der Waals surface area contributed by atoms with E-state index < -0.39 is 0 Å². The van der Waals surface area contributed by atoms with Crippen LogP contribution in [-0.4, -0.2) is 16.7 Å². The Balaban J connectivity index is 2.03. The zero-order valence-corrected chi connectivity index (χ0v) is 13.0. The summed E-state index contributed by atoms with van der Waals surface area (Å²) in [6.07, 6.45) is 0.596. The van der Waals surface area contributed by atoms with Crippen molar-refractivity contribution in [3.8, 4) is 0 Å². The van der Waals surface area contributed by atoms with Crippen molar-refractivity contribution in [1.29, 1.82) is 0 Å². The molecule has 0 amide bonds. The van der Waals surface area contributed by atoms with Crippen molar-refractivity contribution in [3.05, 3.63) is 58.2 Å². The van der Waals surface area contributed by atoms with Crippen molar-refractivity contribution >= 4 is 27.9 Å². The normalized spacial score (nSPS) is 12.5. The highest BCUT2D eigenvalue weighted by Crippen LogP contribution is 2.30. The van der Waals surface area contributed by atoms with Crippen LogP contribution in [0.15, 0.2) is 41.8 Å². The molecule has 3 aromatic rings. The Hall–Kier alpha value is -1.98. The summed E-state index contributed by atoms with van der Waals surface area (Å²) in [7, 11) is 0. The first-order valence-corrected chi connectivity index (χ1v) is 8.03. The van der Waals surface area contributed by atoms with E-state index in [9.17, 15) is 9.50 Å². The lowest BCUT2D eigenvalue weighted by Crippen LogP contribution is -2.12. The van der Waals surface area contributed by atoms with Crippen LogP contribution in [0.5, 0.6) is 0 Å². The summed E-state index contributed by atoms with van der Waals surface area (Å²) in [5, 5.41) is 15.5. The summed E-state index contributed by atoms with van der Waals surface area (Å²) >= 11 is 1.64. The number of aliphatic hydroxyl groups excluding tert-OH is 1. The van der Waals surface area contributed by atoms with Gasteiger partial charge in [-0.15, -0.1) is 11.3 Å². The molecule has 0 saturated heterocycles. The Bertz CT molecular complexity index is 774. The Morgan fingerprint density at radius 3 is 2.91 bits per heavy atom. The van der Waals surface area contributed by atoms with Crippen molar-refractivity contribution < 1.29 is 9.50 Å². The van der Waals surface area contributed by atoms with Gasteiger partial charge < -0.3 is 10.4 Å². The van der Waals surface area contributed by atoms with Crippen LogP contribution in [0.2, 0.25) is 0 Å². The molecule has 2 aromatic heterocycles. The molecule has 0 aliphatic carbocycles. The number of aryl methyl sites for hydroxylation is 1. The largest absolute Gasteiger partial charge is 0.396 e. The smallest absolute Gasteiger partial charge is 0.124 e. The Kier molecular flexibility index (Phi) is 4.36. The topological polar surface area (TPSA) is 45.1 Å². The second-order valence-corrected chi connectivity index (χ2v) is 6.18. The maximum absolute atomic E-state index is 13.6. The number of nitrogens with zero attached hydrogens (tertiary/aromatic N) is 1. The molecule has 0 bridgehead atoms. The molecule has 2 N–H and O–H groups in total. The molecule has 0 aliphatic rings. The zero-order chi connectivity index (χ0) is 15.5. The van der Waals surface area contributed by atoms with E-state index in [4.69, 9.17) is 0 Å². The number of benzene rings is 1. The van der Waals surface area contributed by atoms with Gasteiger partial charge in [-0.2, -0.15) is 0 Å². The van der Waals surface area contributed by atoms with Crippen LogP contribution in [-0.2, 0) is 0 Å². The van der Waals surface area contributed by atoms with Crippen molar-refractivity contribution in [2.75, 3.05) is 11.9 Å². The van der Waals surface area contributed by atoms with Gasteiger partial charge in [0, 0.05) is 28.3 Å². The van der Waals surface area contributed by atoms with Crippen molar-refractivity contribution in [1.82, 2.24) is 4.98 Å². The number of hydrogen-bond donors (Lipinski definition) is 2. The minimum absolute atomic E-state index is 0.00160. The molecule has 0 fully saturated rings. The minimum Gasteiger partial charge on any atom is -0.396 e. The van der Waals surface area contributed by atoms with Gasteiger partial charge >= 0.3 is 0 Å². The average Bonchev–Trinajstić information content (AvgIpc) is 3.01. The summed E-state index contributed by atoms with van der Waals surface area (Å²) in [4.78, 5) is 5.59. The van der Waals surface area contributed by atoms with Gasteiger partial charge in [-0.25, -0.2) is 4.39 Å². The summed E-state index contributed by atoms with van der Waals surface area (Å²) in [6.45, 7) is 2.01. The number of aromatic nitrogens is 1. The lowest BCUT2D eigenvalue weighted by molar-refractivity contribution is 0.280. The molecular formula is C17H17FN2OS. The molecule has 3 nitrogen and oxygen atoms in total. The predicted molar refractivity (Wildman–Crippen MR) is 88.8 cm³/mol. The van der Waals surface area contributed by atoms with Gasteiger partial charge in [0.15, 0.2) is 0 Å². The fraction of sp³-hybridized carbons (Fsp3) is 0.235. The molecule has 22 heavy (non-hydrogen) atoms.